The molecule has 1 rings (SSSR count). The maximum absolute atomic E-state index is 10.3. The Kier molecular flexibility index (Phi) is 5.18. The molecule has 0 aliphatic rings. The molecule has 0 bridgehead atoms. The number of rotatable bonds is 5. The Morgan fingerprint density at radius 1 is 1.28 bits per heavy atom. The zero-order valence-corrected chi connectivity index (χ0v) is 10.9. The molecule has 3 heteroatoms. The fourth-order valence-corrected chi connectivity index (χ4v) is 1.44. The van der Waals surface area contributed by atoms with Crippen molar-refractivity contribution in [1.82, 2.24) is 0 Å². The van der Waals surface area contributed by atoms with E-state index in [0.29, 0.717) is 0 Å². The molecule has 3 nitrogen and oxygen atoms in total. The van der Waals surface area contributed by atoms with Gasteiger partial charge in [0, 0.05) is 6.08 Å². The number of carboxylic acid groups (broad SMARTS) is 1. The van der Waals surface area contributed by atoms with Gasteiger partial charge in [-0.15, -0.1) is 0 Å². The molecule has 0 saturated heterocycles. The number of carboxylic acids is 1. The summed E-state index contributed by atoms with van der Waals surface area (Å²) in [5, 5.41) is 8.48. The first-order chi connectivity index (χ1) is 8.49. The van der Waals surface area contributed by atoms with E-state index in [9.17, 15) is 4.79 Å². The van der Waals surface area contributed by atoms with Crippen LogP contribution in [-0.4, -0.2) is 17.2 Å². The van der Waals surface area contributed by atoms with E-state index in [1.165, 1.54) is 6.08 Å². The molecule has 1 aromatic carbocycles. The highest BCUT2D eigenvalue weighted by Gasteiger charge is 1.99. The minimum Gasteiger partial charge on any atom is -0.491 e. The summed E-state index contributed by atoms with van der Waals surface area (Å²) >= 11 is 0. The van der Waals surface area contributed by atoms with Crippen molar-refractivity contribution in [2.75, 3.05) is 0 Å². The average Bonchev–Trinajstić information content (AvgIpc) is 2.28. The zero-order valence-electron chi connectivity index (χ0n) is 10.9. The van der Waals surface area contributed by atoms with Crippen LogP contribution in [0.2, 0.25) is 0 Å². The van der Waals surface area contributed by atoms with Crippen LogP contribution in [0.4, 0.5) is 0 Å². The Morgan fingerprint density at radius 2 is 1.89 bits per heavy atom. The summed E-state index contributed by atoms with van der Waals surface area (Å²) in [4.78, 5) is 10.3. The van der Waals surface area contributed by atoms with Crippen LogP contribution in [0, 0.1) is 0 Å². The molecule has 0 aromatic heterocycles. The molecule has 0 saturated carbocycles. The molecule has 1 aromatic rings. The Bertz CT molecular complexity index is 453. The second-order valence-corrected chi connectivity index (χ2v) is 4.24. The van der Waals surface area contributed by atoms with Crippen molar-refractivity contribution in [2.24, 2.45) is 0 Å². The average molecular weight is 246 g/mol. The van der Waals surface area contributed by atoms with E-state index in [1.807, 2.05) is 45.0 Å². The highest BCUT2D eigenvalue weighted by atomic mass is 16.5. The fourth-order valence-electron chi connectivity index (χ4n) is 1.44. The predicted molar refractivity (Wildman–Crippen MR) is 72.6 cm³/mol. The maximum Gasteiger partial charge on any atom is 0.328 e. The molecular formula is C15H18O3. The minimum atomic E-state index is -0.945. The van der Waals surface area contributed by atoms with Gasteiger partial charge in [-0.1, -0.05) is 24.3 Å². The van der Waals surface area contributed by atoms with Gasteiger partial charge in [-0.2, -0.15) is 0 Å². The third kappa shape index (κ3) is 4.87. The quantitative estimate of drug-likeness (QED) is 0.638. The third-order valence-corrected chi connectivity index (χ3v) is 2.27. The van der Waals surface area contributed by atoms with Gasteiger partial charge in [0.2, 0.25) is 0 Å². The fraction of sp³-hybridized carbons (Fsp3) is 0.267. The standard InChI is InChI=1S/C15H18O3/c1-11(2)18-14-9-7-13(8-10-14)12(3)5-4-6-15(16)17/h4-11H,1-3H3,(H,16,17)/b6-4+,12-5+. The highest BCUT2D eigenvalue weighted by Crippen LogP contribution is 2.19. The monoisotopic (exact) mass is 246 g/mol. The summed E-state index contributed by atoms with van der Waals surface area (Å²) < 4.78 is 5.55. The summed E-state index contributed by atoms with van der Waals surface area (Å²) in [6.07, 6.45) is 4.56. The smallest absolute Gasteiger partial charge is 0.328 e. The minimum absolute atomic E-state index is 0.158. The van der Waals surface area contributed by atoms with Crippen LogP contribution in [0.5, 0.6) is 5.75 Å². The molecule has 0 heterocycles. The molecule has 0 spiro atoms. The summed E-state index contributed by atoms with van der Waals surface area (Å²) in [6.45, 7) is 5.90. The first kappa shape index (κ1) is 14.0. The molecule has 0 aliphatic heterocycles. The number of benzene rings is 1. The molecule has 1 N–H and O–H groups in total. The van der Waals surface area contributed by atoms with Crippen molar-refractivity contribution >= 4 is 11.5 Å². The molecule has 0 radical (unpaired) electrons. The normalized spacial score (nSPS) is 12.1. The van der Waals surface area contributed by atoms with E-state index in [2.05, 4.69) is 0 Å². The molecule has 96 valence electrons. The van der Waals surface area contributed by atoms with E-state index in [-0.39, 0.29) is 6.10 Å². The van der Waals surface area contributed by atoms with Crippen LogP contribution in [0.15, 0.2) is 42.5 Å². The van der Waals surface area contributed by atoms with E-state index < -0.39 is 5.97 Å². The van der Waals surface area contributed by atoms with Crippen molar-refractivity contribution in [3.05, 3.63) is 48.1 Å². The number of hydrogen-bond acceptors (Lipinski definition) is 2. The second kappa shape index (κ2) is 6.64. The van der Waals surface area contributed by atoms with Gasteiger partial charge in [0.25, 0.3) is 0 Å². The summed E-state index contributed by atoms with van der Waals surface area (Å²) in [5.41, 5.74) is 2.05. The third-order valence-electron chi connectivity index (χ3n) is 2.27. The van der Waals surface area contributed by atoms with Crippen molar-refractivity contribution in [2.45, 2.75) is 26.9 Å². The van der Waals surface area contributed by atoms with Crippen molar-refractivity contribution in [3.8, 4) is 5.75 Å². The lowest BCUT2D eigenvalue weighted by Crippen LogP contribution is -2.05. The number of hydrogen-bond donors (Lipinski definition) is 1. The molecule has 0 amide bonds. The Labute approximate surface area is 107 Å². The van der Waals surface area contributed by atoms with Crippen LogP contribution in [0.1, 0.15) is 26.3 Å². The molecule has 0 unspecified atom stereocenters. The Morgan fingerprint density at radius 3 is 2.39 bits per heavy atom. The van der Waals surface area contributed by atoms with Crippen LogP contribution in [0.25, 0.3) is 5.57 Å². The van der Waals surface area contributed by atoms with Gasteiger partial charge < -0.3 is 9.84 Å². The number of ether oxygens (including phenoxy) is 1. The number of aliphatic carboxylic acids is 1. The Balaban J connectivity index is 2.75. The molecule has 0 fully saturated rings. The highest BCUT2D eigenvalue weighted by molar-refractivity contribution is 5.80. The van der Waals surface area contributed by atoms with Crippen LogP contribution >= 0.6 is 0 Å². The second-order valence-electron chi connectivity index (χ2n) is 4.24. The first-order valence-electron chi connectivity index (χ1n) is 5.84. The van der Waals surface area contributed by atoms with Gasteiger partial charge >= 0.3 is 5.97 Å². The van der Waals surface area contributed by atoms with Gasteiger partial charge in [0.1, 0.15) is 5.75 Å². The number of allylic oxidation sites excluding steroid dienone is 3. The van der Waals surface area contributed by atoms with Crippen molar-refractivity contribution < 1.29 is 14.6 Å². The maximum atomic E-state index is 10.3. The molecule has 0 aliphatic carbocycles. The topological polar surface area (TPSA) is 46.5 Å². The molecule has 0 atom stereocenters. The van der Waals surface area contributed by atoms with E-state index in [1.54, 1.807) is 6.08 Å². The van der Waals surface area contributed by atoms with Crippen LogP contribution in [0.3, 0.4) is 0 Å². The zero-order chi connectivity index (χ0) is 13.5. The van der Waals surface area contributed by atoms with E-state index in [0.717, 1.165) is 23.0 Å². The van der Waals surface area contributed by atoms with Gasteiger partial charge in [0.05, 0.1) is 6.10 Å². The predicted octanol–water partition coefficient (Wildman–Crippen LogP) is 3.52. The van der Waals surface area contributed by atoms with Crippen LogP contribution < -0.4 is 4.74 Å². The van der Waals surface area contributed by atoms with Gasteiger partial charge in [-0.3, -0.25) is 0 Å². The lowest BCUT2D eigenvalue weighted by Gasteiger charge is -2.10. The SMILES string of the molecule is C/C(=C\C=C\C(=O)O)c1ccc(OC(C)C)cc1. The van der Waals surface area contributed by atoms with Gasteiger partial charge in [0.15, 0.2) is 0 Å². The first-order valence-corrected chi connectivity index (χ1v) is 5.84. The largest absolute Gasteiger partial charge is 0.491 e. The van der Waals surface area contributed by atoms with E-state index >= 15 is 0 Å². The summed E-state index contributed by atoms with van der Waals surface area (Å²) in [7, 11) is 0. The number of carbonyl (C=O) groups is 1. The van der Waals surface area contributed by atoms with Crippen molar-refractivity contribution in [3.63, 3.8) is 0 Å². The summed E-state index contributed by atoms with van der Waals surface area (Å²) in [6, 6.07) is 7.73. The lowest BCUT2D eigenvalue weighted by atomic mass is 10.1. The summed E-state index contributed by atoms with van der Waals surface area (Å²) in [5.74, 6) is -0.109. The molecule has 18 heavy (non-hydrogen) atoms. The van der Waals surface area contributed by atoms with Gasteiger partial charge in [-0.05, 0) is 44.0 Å². The van der Waals surface area contributed by atoms with E-state index in [4.69, 9.17) is 9.84 Å². The Hall–Kier alpha value is -2.03. The lowest BCUT2D eigenvalue weighted by molar-refractivity contribution is -0.131. The van der Waals surface area contributed by atoms with Crippen molar-refractivity contribution in [1.29, 1.82) is 0 Å². The van der Waals surface area contributed by atoms with Gasteiger partial charge in [-0.25, -0.2) is 4.79 Å². The van der Waals surface area contributed by atoms with Crippen LogP contribution in [-0.2, 0) is 4.79 Å². The molecular weight excluding hydrogens is 228 g/mol.